The molecule has 0 bridgehead atoms. The quantitative estimate of drug-likeness (QED) is 0.583. The molecule has 2 aromatic rings. The molecule has 0 unspecified atom stereocenters. The summed E-state index contributed by atoms with van der Waals surface area (Å²) in [4.78, 5) is 34.9. The minimum Gasteiger partial charge on any atom is -0.465 e. The maximum absolute atomic E-state index is 12.2. The Bertz CT molecular complexity index is 1090. The fourth-order valence-electron chi connectivity index (χ4n) is 2.24. The molecule has 0 saturated carbocycles. The van der Waals surface area contributed by atoms with Crippen LogP contribution in [-0.2, 0) is 30.8 Å². The van der Waals surface area contributed by atoms with Gasteiger partial charge in [0, 0.05) is 6.54 Å². The molecule has 12 heteroatoms. The number of hydrogen-bond donors (Lipinski definition) is 2. The highest BCUT2D eigenvalue weighted by molar-refractivity contribution is 7.89. The number of rotatable bonds is 7. The molecule has 0 saturated heterocycles. The van der Waals surface area contributed by atoms with Crippen LogP contribution in [0.1, 0.15) is 26.3 Å². The SMILES string of the molecule is COC(=O)c1ccc(CNC(=O)COC(=O)c2cc(S(N)(=O)=O)c(Cl)cc2Cl)cc1. The van der Waals surface area contributed by atoms with Crippen molar-refractivity contribution in [1.29, 1.82) is 0 Å². The Morgan fingerprint density at radius 3 is 2.23 bits per heavy atom. The zero-order valence-corrected chi connectivity index (χ0v) is 17.8. The second-order valence-corrected chi connectivity index (χ2v) is 8.19. The van der Waals surface area contributed by atoms with Gasteiger partial charge in [0.25, 0.3) is 5.91 Å². The summed E-state index contributed by atoms with van der Waals surface area (Å²) in [6, 6.07) is 8.25. The molecule has 0 spiro atoms. The fraction of sp³-hybridized carbons (Fsp3) is 0.167. The van der Waals surface area contributed by atoms with E-state index in [0.29, 0.717) is 11.1 Å². The molecular weight excluding hydrogens is 459 g/mol. The average molecular weight is 475 g/mol. The highest BCUT2D eigenvalue weighted by Gasteiger charge is 2.21. The van der Waals surface area contributed by atoms with Crippen molar-refractivity contribution < 1.29 is 32.3 Å². The van der Waals surface area contributed by atoms with Crippen LogP contribution in [0.4, 0.5) is 0 Å². The number of primary sulfonamides is 1. The number of methoxy groups -OCH3 is 1. The van der Waals surface area contributed by atoms with Crippen LogP contribution in [0.3, 0.4) is 0 Å². The molecule has 0 radical (unpaired) electrons. The van der Waals surface area contributed by atoms with Gasteiger partial charge in [-0.05, 0) is 29.8 Å². The molecule has 2 aromatic carbocycles. The number of carbonyl (C=O) groups is 3. The van der Waals surface area contributed by atoms with Crippen LogP contribution in [0.25, 0.3) is 0 Å². The van der Waals surface area contributed by atoms with E-state index in [9.17, 15) is 22.8 Å². The van der Waals surface area contributed by atoms with Gasteiger partial charge in [0.05, 0.1) is 28.3 Å². The smallest absolute Gasteiger partial charge is 0.340 e. The highest BCUT2D eigenvalue weighted by atomic mass is 35.5. The van der Waals surface area contributed by atoms with E-state index in [-0.39, 0.29) is 22.2 Å². The minimum atomic E-state index is -4.19. The van der Waals surface area contributed by atoms with Crippen LogP contribution in [0, 0.1) is 0 Å². The topological polar surface area (TPSA) is 142 Å². The van der Waals surface area contributed by atoms with E-state index < -0.39 is 39.4 Å². The zero-order chi connectivity index (χ0) is 22.5. The summed E-state index contributed by atoms with van der Waals surface area (Å²) in [5, 5.41) is 7.14. The van der Waals surface area contributed by atoms with E-state index in [2.05, 4.69) is 10.1 Å². The van der Waals surface area contributed by atoms with Gasteiger partial charge in [0.2, 0.25) is 10.0 Å². The van der Waals surface area contributed by atoms with Crippen molar-refractivity contribution in [2.45, 2.75) is 11.4 Å². The van der Waals surface area contributed by atoms with Gasteiger partial charge in [-0.15, -0.1) is 0 Å². The second kappa shape index (κ2) is 9.90. The molecule has 0 fully saturated rings. The van der Waals surface area contributed by atoms with Crippen LogP contribution < -0.4 is 10.5 Å². The number of hydrogen-bond acceptors (Lipinski definition) is 7. The first-order chi connectivity index (χ1) is 14.0. The lowest BCUT2D eigenvalue weighted by Crippen LogP contribution is -2.28. The summed E-state index contributed by atoms with van der Waals surface area (Å²) in [7, 11) is -2.93. The summed E-state index contributed by atoms with van der Waals surface area (Å²) in [6.07, 6.45) is 0. The van der Waals surface area contributed by atoms with E-state index in [1.165, 1.54) is 7.11 Å². The third-order valence-electron chi connectivity index (χ3n) is 3.75. The van der Waals surface area contributed by atoms with Gasteiger partial charge in [-0.3, -0.25) is 4.79 Å². The number of benzene rings is 2. The van der Waals surface area contributed by atoms with Gasteiger partial charge in [0.15, 0.2) is 6.61 Å². The predicted molar refractivity (Wildman–Crippen MR) is 108 cm³/mol. The first kappa shape index (κ1) is 23.6. The number of nitrogens with two attached hydrogens (primary N) is 1. The maximum atomic E-state index is 12.2. The third kappa shape index (κ3) is 6.17. The number of sulfonamides is 1. The van der Waals surface area contributed by atoms with E-state index in [1.54, 1.807) is 24.3 Å². The van der Waals surface area contributed by atoms with Crippen molar-refractivity contribution in [2.75, 3.05) is 13.7 Å². The Morgan fingerprint density at radius 2 is 1.67 bits per heavy atom. The van der Waals surface area contributed by atoms with Crippen LogP contribution >= 0.6 is 23.2 Å². The van der Waals surface area contributed by atoms with Crippen LogP contribution in [0.5, 0.6) is 0 Å². The van der Waals surface area contributed by atoms with E-state index in [1.807, 2.05) is 0 Å². The van der Waals surface area contributed by atoms with Gasteiger partial charge in [-0.2, -0.15) is 0 Å². The largest absolute Gasteiger partial charge is 0.465 e. The van der Waals surface area contributed by atoms with Crippen LogP contribution in [-0.4, -0.2) is 40.0 Å². The first-order valence-corrected chi connectivity index (χ1v) is 10.5. The number of halogens is 2. The molecule has 3 N–H and O–H groups in total. The monoisotopic (exact) mass is 474 g/mol. The van der Waals surface area contributed by atoms with Crippen LogP contribution in [0.15, 0.2) is 41.3 Å². The third-order valence-corrected chi connectivity index (χ3v) is 5.44. The van der Waals surface area contributed by atoms with E-state index in [0.717, 1.165) is 12.1 Å². The Labute approximate surface area is 182 Å². The molecule has 0 aliphatic heterocycles. The Morgan fingerprint density at radius 1 is 1.03 bits per heavy atom. The van der Waals surface area contributed by atoms with Crippen molar-refractivity contribution in [2.24, 2.45) is 5.14 Å². The molecule has 0 aliphatic carbocycles. The summed E-state index contributed by atoms with van der Waals surface area (Å²) in [5.74, 6) is -2.12. The number of amides is 1. The van der Waals surface area contributed by atoms with Gasteiger partial charge in [0.1, 0.15) is 4.90 Å². The lowest BCUT2D eigenvalue weighted by molar-refractivity contribution is -0.124. The summed E-state index contributed by atoms with van der Waals surface area (Å²) in [5.41, 5.74) is 0.748. The Balaban J connectivity index is 1.95. The van der Waals surface area contributed by atoms with Crippen molar-refractivity contribution >= 4 is 51.1 Å². The zero-order valence-electron chi connectivity index (χ0n) is 15.5. The highest BCUT2D eigenvalue weighted by Crippen LogP contribution is 2.28. The molecule has 2 rings (SSSR count). The van der Waals surface area contributed by atoms with Crippen LogP contribution in [0.2, 0.25) is 10.0 Å². The number of nitrogens with one attached hydrogen (secondary N) is 1. The molecule has 160 valence electrons. The molecule has 0 atom stereocenters. The number of carbonyl (C=O) groups excluding carboxylic acids is 3. The summed E-state index contributed by atoms with van der Waals surface area (Å²) in [6.45, 7) is -0.516. The van der Waals surface area contributed by atoms with Crippen molar-refractivity contribution in [1.82, 2.24) is 5.32 Å². The predicted octanol–water partition coefficient (Wildman–Crippen LogP) is 1.90. The lowest BCUT2D eigenvalue weighted by atomic mass is 10.1. The van der Waals surface area contributed by atoms with Gasteiger partial charge >= 0.3 is 11.9 Å². The summed E-state index contributed by atoms with van der Waals surface area (Å²) >= 11 is 11.7. The molecule has 1 amide bonds. The number of ether oxygens (including phenoxy) is 2. The Kier molecular flexibility index (Phi) is 7.79. The normalized spacial score (nSPS) is 10.9. The van der Waals surface area contributed by atoms with Gasteiger partial charge < -0.3 is 14.8 Å². The van der Waals surface area contributed by atoms with Gasteiger partial charge in [-0.1, -0.05) is 35.3 Å². The lowest BCUT2D eigenvalue weighted by Gasteiger charge is -2.10. The fourth-order valence-corrected chi connectivity index (χ4v) is 3.64. The molecule has 0 aliphatic rings. The molecule has 0 heterocycles. The van der Waals surface area contributed by atoms with E-state index >= 15 is 0 Å². The maximum Gasteiger partial charge on any atom is 0.340 e. The molecule has 30 heavy (non-hydrogen) atoms. The average Bonchev–Trinajstić information content (AvgIpc) is 2.69. The standard InChI is InChI=1S/C18H16Cl2N2O7S/c1-28-17(24)11-4-2-10(3-5-11)8-22-16(23)9-29-18(25)12-6-15(30(21,26)27)14(20)7-13(12)19/h2-7H,8-9H2,1H3,(H,22,23)(H2,21,26,27). The van der Waals surface area contributed by atoms with E-state index in [4.69, 9.17) is 33.1 Å². The Hall–Kier alpha value is -2.66. The molecule has 0 aromatic heterocycles. The summed E-state index contributed by atoms with van der Waals surface area (Å²) < 4.78 is 32.5. The minimum absolute atomic E-state index is 0.120. The number of esters is 2. The first-order valence-electron chi connectivity index (χ1n) is 8.16. The van der Waals surface area contributed by atoms with Gasteiger partial charge in [-0.25, -0.2) is 23.1 Å². The van der Waals surface area contributed by atoms with Crippen molar-refractivity contribution in [3.8, 4) is 0 Å². The molecule has 9 nitrogen and oxygen atoms in total. The molecular formula is C18H16Cl2N2O7S. The van der Waals surface area contributed by atoms with Crippen molar-refractivity contribution in [3.63, 3.8) is 0 Å². The van der Waals surface area contributed by atoms with Crippen molar-refractivity contribution in [3.05, 3.63) is 63.1 Å². The second-order valence-electron chi connectivity index (χ2n) is 5.85.